The highest BCUT2D eigenvalue weighted by Gasteiger charge is 2.30. The van der Waals surface area contributed by atoms with Gasteiger partial charge in [0.05, 0.1) is 12.1 Å². The first-order valence-corrected chi connectivity index (χ1v) is 5.38. The zero-order valence-corrected chi connectivity index (χ0v) is 9.62. The average Bonchev–Trinajstić information content (AvgIpc) is 2.33. The first-order chi connectivity index (χ1) is 8.86. The summed E-state index contributed by atoms with van der Waals surface area (Å²) in [6.45, 7) is -0.111. The van der Waals surface area contributed by atoms with Gasteiger partial charge in [-0.3, -0.25) is 4.79 Å². The van der Waals surface area contributed by atoms with Crippen LogP contribution >= 0.6 is 0 Å². The van der Waals surface area contributed by atoms with Gasteiger partial charge < -0.3 is 4.57 Å². The molecule has 0 amide bonds. The molecule has 0 N–H and O–H groups in total. The number of pyridine rings is 1. The van der Waals surface area contributed by atoms with E-state index >= 15 is 0 Å². The SMILES string of the molecule is O=c1ccc(F)cn1Cc1cccc(C(F)(F)F)c1. The molecule has 0 fully saturated rings. The molecule has 0 aliphatic heterocycles. The fraction of sp³-hybridized carbons (Fsp3) is 0.154. The van der Waals surface area contributed by atoms with Gasteiger partial charge in [0.1, 0.15) is 5.82 Å². The molecule has 0 radical (unpaired) electrons. The van der Waals surface area contributed by atoms with E-state index in [0.717, 1.165) is 35.0 Å². The predicted octanol–water partition coefficient (Wildman–Crippen LogP) is 3.05. The van der Waals surface area contributed by atoms with E-state index in [4.69, 9.17) is 0 Å². The lowest BCUT2D eigenvalue weighted by molar-refractivity contribution is -0.137. The molecule has 0 aliphatic rings. The van der Waals surface area contributed by atoms with Crippen LogP contribution in [0.5, 0.6) is 0 Å². The van der Waals surface area contributed by atoms with Crippen molar-refractivity contribution in [3.8, 4) is 0 Å². The van der Waals surface area contributed by atoms with E-state index in [1.54, 1.807) is 0 Å². The predicted molar refractivity (Wildman–Crippen MR) is 61.2 cm³/mol. The van der Waals surface area contributed by atoms with Crippen LogP contribution in [0, 0.1) is 5.82 Å². The van der Waals surface area contributed by atoms with Gasteiger partial charge in [0.25, 0.3) is 5.56 Å². The van der Waals surface area contributed by atoms with E-state index in [0.29, 0.717) is 0 Å². The Labute approximate surface area is 105 Å². The van der Waals surface area contributed by atoms with Crippen molar-refractivity contribution in [1.82, 2.24) is 4.57 Å². The van der Waals surface area contributed by atoms with Crippen LogP contribution in [0.3, 0.4) is 0 Å². The van der Waals surface area contributed by atoms with E-state index in [1.165, 1.54) is 12.1 Å². The minimum atomic E-state index is -4.44. The standard InChI is InChI=1S/C13H9F4NO/c14-11-4-5-12(19)18(8-11)7-9-2-1-3-10(6-9)13(15,16)17/h1-6,8H,7H2. The Morgan fingerprint density at radius 1 is 1.11 bits per heavy atom. The minimum absolute atomic E-state index is 0.111. The first kappa shape index (κ1) is 13.3. The van der Waals surface area contributed by atoms with E-state index < -0.39 is 23.1 Å². The highest BCUT2D eigenvalue weighted by molar-refractivity contribution is 5.26. The van der Waals surface area contributed by atoms with Crippen molar-refractivity contribution in [2.24, 2.45) is 0 Å². The van der Waals surface area contributed by atoms with Crippen LogP contribution in [0.15, 0.2) is 47.4 Å². The molecule has 0 unspecified atom stereocenters. The molecule has 2 nitrogen and oxygen atoms in total. The van der Waals surface area contributed by atoms with Gasteiger partial charge in [-0.25, -0.2) is 4.39 Å². The van der Waals surface area contributed by atoms with E-state index in [9.17, 15) is 22.4 Å². The lowest BCUT2D eigenvalue weighted by Crippen LogP contribution is -2.19. The summed E-state index contributed by atoms with van der Waals surface area (Å²) < 4.78 is 51.6. The van der Waals surface area contributed by atoms with Gasteiger partial charge in [0.15, 0.2) is 0 Å². The molecule has 0 bridgehead atoms. The molecular weight excluding hydrogens is 262 g/mol. The Balaban J connectivity index is 2.34. The number of hydrogen-bond donors (Lipinski definition) is 0. The zero-order valence-electron chi connectivity index (χ0n) is 9.62. The molecule has 19 heavy (non-hydrogen) atoms. The van der Waals surface area contributed by atoms with Gasteiger partial charge in [-0.05, 0) is 23.8 Å². The fourth-order valence-electron chi connectivity index (χ4n) is 1.67. The average molecular weight is 271 g/mol. The molecule has 0 atom stereocenters. The molecule has 100 valence electrons. The molecule has 0 saturated heterocycles. The van der Waals surface area contributed by atoms with Crippen molar-refractivity contribution < 1.29 is 17.6 Å². The molecule has 1 aromatic heterocycles. The van der Waals surface area contributed by atoms with E-state index in [2.05, 4.69) is 0 Å². The lowest BCUT2D eigenvalue weighted by Gasteiger charge is -2.10. The van der Waals surface area contributed by atoms with Gasteiger partial charge in [0, 0.05) is 12.3 Å². The fourth-order valence-corrected chi connectivity index (χ4v) is 1.67. The molecular formula is C13H9F4NO. The molecule has 0 spiro atoms. The van der Waals surface area contributed by atoms with Gasteiger partial charge in [-0.1, -0.05) is 12.1 Å². The number of hydrogen-bond acceptors (Lipinski definition) is 1. The van der Waals surface area contributed by atoms with Crippen LogP contribution in [-0.4, -0.2) is 4.57 Å². The van der Waals surface area contributed by atoms with E-state index in [-0.39, 0.29) is 12.1 Å². The summed E-state index contributed by atoms with van der Waals surface area (Å²) in [6.07, 6.45) is -3.48. The van der Waals surface area contributed by atoms with Gasteiger partial charge in [-0.15, -0.1) is 0 Å². The molecule has 1 aromatic carbocycles. The molecule has 2 rings (SSSR count). The molecule has 0 aliphatic carbocycles. The van der Waals surface area contributed by atoms with Crippen LogP contribution in [0.1, 0.15) is 11.1 Å². The van der Waals surface area contributed by atoms with Gasteiger partial charge >= 0.3 is 6.18 Å². The molecule has 1 heterocycles. The maximum absolute atomic E-state index is 13.0. The third kappa shape index (κ3) is 3.21. The summed E-state index contributed by atoms with van der Waals surface area (Å²) in [5, 5.41) is 0. The van der Waals surface area contributed by atoms with Crippen molar-refractivity contribution in [2.45, 2.75) is 12.7 Å². The maximum atomic E-state index is 13.0. The number of nitrogens with zero attached hydrogens (tertiary/aromatic N) is 1. The van der Waals surface area contributed by atoms with Crippen molar-refractivity contribution in [3.05, 3.63) is 69.9 Å². The number of aromatic nitrogens is 1. The minimum Gasteiger partial charge on any atom is -0.308 e. The Kier molecular flexibility index (Phi) is 3.42. The molecule has 2 aromatic rings. The monoisotopic (exact) mass is 271 g/mol. The van der Waals surface area contributed by atoms with Crippen molar-refractivity contribution >= 4 is 0 Å². The van der Waals surface area contributed by atoms with Crippen LogP contribution in [-0.2, 0) is 12.7 Å². The van der Waals surface area contributed by atoms with Crippen LogP contribution in [0.2, 0.25) is 0 Å². The third-order valence-corrected chi connectivity index (χ3v) is 2.55. The Morgan fingerprint density at radius 3 is 2.53 bits per heavy atom. The Morgan fingerprint density at radius 2 is 1.84 bits per heavy atom. The van der Waals surface area contributed by atoms with Crippen LogP contribution in [0.4, 0.5) is 17.6 Å². The summed E-state index contributed by atoms with van der Waals surface area (Å²) >= 11 is 0. The quantitative estimate of drug-likeness (QED) is 0.769. The highest BCUT2D eigenvalue weighted by Crippen LogP contribution is 2.29. The van der Waals surface area contributed by atoms with Crippen LogP contribution in [0.25, 0.3) is 0 Å². The Hall–Kier alpha value is -2.11. The van der Waals surface area contributed by atoms with Crippen LogP contribution < -0.4 is 5.56 Å². The molecule has 0 saturated carbocycles. The number of rotatable bonds is 2. The second-order valence-corrected chi connectivity index (χ2v) is 4.01. The maximum Gasteiger partial charge on any atom is 0.416 e. The summed E-state index contributed by atoms with van der Waals surface area (Å²) in [6, 6.07) is 6.62. The van der Waals surface area contributed by atoms with Crippen molar-refractivity contribution in [2.75, 3.05) is 0 Å². The molecule has 6 heteroatoms. The lowest BCUT2D eigenvalue weighted by atomic mass is 10.1. The zero-order chi connectivity index (χ0) is 14.0. The third-order valence-electron chi connectivity index (χ3n) is 2.55. The largest absolute Gasteiger partial charge is 0.416 e. The second kappa shape index (κ2) is 4.87. The smallest absolute Gasteiger partial charge is 0.308 e. The normalized spacial score (nSPS) is 11.6. The highest BCUT2D eigenvalue weighted by atomic mass is 19.4. The summed E-state index contributed by atoms with van der Waals surface area (Å²) in [5.74, 6) is -0.619. The van der Waals surface area contributed by atoms with Gasteiger partial charge in [0.2, 0.25) is 0 Å². The van der Waals surface area contributed by atoms with E-state index in [1.807, 2.05) is 0 Å². The first-order valence-electron chi connectivity index (χ1n) is 5.38. The van der Waals surface area contributed by atoms with Crippen molar-refractivity contribution in [3.63, 3.8) is 0 Å². The number of alkyl halides is 3. The Bertz CT molecular complexity index is 646. The number of halogens is 4. The summed E-state index contributed by atoms with van der Waals surface area (Å²) in [7, 11) is 0. The summed E-state index contributed by atoms with van der Waals surface area (Å²) in [4.78, 5) is 11.4. The number of benzene rings is 1. The topological polar surface area (TPSA) is 22.0 Å². The summed E-state index contributed by atoms with van der Waals surface area (Å²) in [5.41, 5.74) is -0.990. The van der Waals surface area contributed by atoms with Gasteiger partial charge in [-0.2, -0.15) is 13.2 Å². The second-order valence-electron chi connectivity index (χ2n) is 4.01. The van der Waals surface area contributed by atoms with Crippen molar-refractivity contribution in [1.29, 1.82) is 0 Å².